The molecule has 3 nitrogen and oxygen atoms in total. The van der Waals surface area contributed by atoms with Crippen LogP contribution in [0.2, 0.25) is 0 Å². The van der Waals surface area contributed by atoms with Crippen molar-refractivity contribution in [1.82, 2.24) is 0 Å². The number of carbonyl (C=O) groups is 1. The van der Waals surface area contributed by atoms with Gasteiger partial charge < -0.3 is 9.84 Å². The lowest BCUT2D eigenvalue weighted by Crippen LogP contribution is -2.15. The molecular formula is C7H10O3. The summed E-state index contributed by atoms with van der Waals surface area (Å²) in [6, 6.07) is 0. The highest BCUT2D eigenvalue weighted by atomic mass is 16.5. The zero-order chi connectivity index (χ0) is 7.56. The third kappa shape index (κ3) is 1.19. The lowest BCUT2D eigenvalue weighted by Gasteiger charge is -2.07. The Bertz CT molecular complexity index is 162. The van der Waals surface area contributed by atoms with Crippen LogP contribution in [-0.4, -0.2) is 24.1 Å². The Morgan fingerprint density at radius 1 is 1.90 bits per heavy atom. The van der Waals surface area contributed by atoms with Crippen molar-refractivity contribution in [2.75, 3.05) is 6.61 Å². The van der Waals surface area contributed by atoms with E-state index in [1.807, 2.05) is 6.92 Å². The second kappa shape index (κ2) is 2.84. The Kier molecular flexibility index (Phi) is 2.06. The summed E-state index contributed by atoms with van der Waals surface area (Å²) >= 11 is 0. The lowest BCUT2D eigenvalue weighted by molar-refractivity contribution is -0.116. The van der Waals surface area contributed by atoms with Crippen molar-refractivity contribution in [3.05, 3.63) is 11.8 Å². The largest absolute Gasteiger partial charge is 0.485 e. The molecule has 0 aromatic rings. The molecule has 0 saturated carbocycles. The van der Waals surface area contributed by atoms with Crippen molar-refractivity contribution in [3.63, 3.8) is 0 Å². The smallest absolute Gasteiger partial charge is 0.161 e. The van der Waals surface area contributed by atoms with Gasteiger partial charge in [0.25, 0.3) is 0 Å². The molecule has 0 bridgehead atoms. The Labute approximate surface area is 59.3 Å². The van der Waals surface area contributed by atoms with Gasteiger partial charge in [-0.3, -0.25) is 4.79 Å². The minimum atomic E-state index is -0.387. The summed E-state index contributed by atoms with van der Waals surface area (Å²) in [5.41, 5.74) is 0. The molecule has 0 spiro atoms. The topological polar surface area (TPSA) is 46.5 Å². The van der Waals surface area contributed by atoms with E-state index in [1.165, 1.54) is 0 Å². The van der Waals surface area contributed by atoms with Crippen molar-refractivity contribution in [1.29, 1.82) is 0 Å². The maximum Gasteiger partial charge on any atom is 0.161 e. The van der Waals surface area contributed by atoms with Crippen LogP contribution in [0.4, 0.5) is 0 Å². The van der Waals surface area contributed by atoms with Crippen LogP contribution >= 0.6 is 0 Å². The van der Waals surface area contributed by atoms with Crippen LogP contribution in [0.5, 0.6) is 0 Å². The second-order valence-corrected chi connectivity index (χ2v) is 2.37. The summed E-state index contributed by atoms with van der Waals surface area (Å²) in [5, 5.41) is 8.59. The molecule has 2 unspecified atom stereocenters. The zero-order valence-corrected chi connectivity index (χ0v) is 5.78. The molecule has 1 heterocycles. The van der Waals surface area contributed by atoms with Gasteiger partial charge in [0.15, 0.2) is 12.4 Å². The van der Waals surface area contributed by atoms with E-state index in [4.69, 9.17) is 9.84 Å². The van der Waals surface area contributed by atoms with E-state index in [0.717, 1.165) is 6.29 Å². The molecule has 0 aromatic carbocycles. The first-order valence-corrected chi connectivity index (χ1v) is 3.21. The molecule has 2 atom stereocenters. The number of hydrogen-bond donors (Lipinski definition) is 1. The highest BCUT2D eigenvalue weighted by molar-refractivity contribution is 5.58. The van der Waals surface area contributed by atoms with Gasteiger partial charge in [0.05, 0.1) is 0 Å². The van der Waals surface area contributed by atoms with Crippen molar-refractivity contribution in [2.24, 2.45) is 5.92 Å². The Morgan fingerprint density at radius 2 is 2.60 bits per heavy atom. The maximum absolute atomic E-state index is 10.2. The lowest BCUT2D eigenvalue weighted by atomic mass is 10.1. The number of rotatable bonds is 2. The third-order valence-corrected chi connectivity index (χ3v) is 1.54. The standard InChI is InChI=1S/C7H10O3/c1-5-2-6(3-8)10-7(5)4-9/h2,4-5,7-8H,3H2,1H3. The number of carbonyl (C=O) groups excluding carboxylic acids is 1. The van der Waals surface area contributed by atoms with Crippen LogP contribution in [-0.2, 0) is 9.53 Å². The van der Waals surface area contributed by atoms with Gasteiger partial charge in [-0.1, -0.05) is 6.92 Å². The van der Waals surface area contributed by atoms with Gasteiger partial charge in [0, 0.05) is 5.92 Å². The second-order valence-electron chi connectivity index (χ2n) is 2.37. The van der Waals surface area contributed by atoms with Crippen LogP contribution in [0.3, 0.4) is 0 Å². The van der Waals surface area contributed by atoms with E-state index < -0.39 is 0 Å². The van der Waals surface area contributed by atoms with Crippen molar-refractivity contribution in [3.8, 4) is 0 Å². The molecule has 1 rings (SSSR count). The van der Waals surface area contributed by atoms with E-state index in [9.17, 15) is 4.79 Å². The number of aliphatic hydroxyl groups excluding tert-OH is 1. The highest BCUT2D eigenvalue weighted by Crippen LogP contribution is 2.20. The summed E-state index contributed by atoms with van der Waals surface area (Å²) in [6.07, 6.45) is 2.13. The Hall–Kier alpha value is -0.830. The molecule has 1 aliphatic rings. The van der Waals surface area contributed by atoms with Crippen LogP contribution in [0.15, 0.2) is 11.8 Å². The minimum absolute atomic E-state index is 0.0969. The molecule has 3 heteroatoms. The van der Waals surface area contributed by atoms with Gasteiger partial charge in [-0.15, -0.1) is 0 Å². The summed E-state index contributed by atoms with van der Waals surface area (Å²) in [4.78, 5) is 10.2. The maximum atomic E-state index is 10.2. The summed E-state index contributed by atoms with van der Waals surface area (Å²) in [5.74, 6) is 0.601. The molecule has 10 heavy (non-hydrogen) atoms. The van der Waals surface area contributed by atoms with Crippen molar-refractivity contribution in [2.45, 2.75) is 13.0 Å². The fraction of sp³-hybridized carbons (Fsp3) is 0.571. The molecule has 0 amide bonds. The van der Waals surface area contributed by atoms with Gasteiger partial charge in [-0.2, -0.15) is 0 Å². The number of ether oxygens (including phenoxy) is 1. The molecule has 0 aromatic heterocycles. The number of aldehydes is 1. The summed E-state index contributed by atoms with van der Waals surface area (Å²) < 4.78 is 5.02. The van der Waals surface area contributed by atoms with Gasteiger partial charge >= 0.3 is 0 Å². The number of hydrogen-bond acceptors (Lipinski definition) is 3. The molecule has 1 aliphatic heterocycles. The first-order chi connectivity index (χ1) is 4.77. The van der Waals surface area contributed by atoms with Crippen molar-refractivity contribution < 1.29 is 14.6 Å². The zero-order valence-electron chi connectivity index (χ0n) is 5.78. The molecule has 56 valence electrons. The van der Waals surface area contributed by atoms with E-state index in [2.05, 4.69) is 0 Å². The summed E-state index contributed by atoms with van der Waals surface area (Å²) in [7, 11) is 0. The molecule has 0 aliphatic carbocycles. The Morgan fingerprint density at radius 3 is 2.90 bits per heavy atom. The van der Waals surface area contributed by atoms with Crippen LogP contribution in [0.25, 0.3) is 0 Å². The average molecular weight is 142 g/mol. The van der Waals surface area contributed by atoms with E-state index in [-0.39, 0.29) is 18.6 Å². The van der Waals surface area contributed by atoms with Gasteiger partial charge in [-0.25, -0.2) is 0 Å². The van der Waals surface area contributed by atoms with E-state index in [0.29, 0.717) is 5.76 Å². The van der Waals surface area contributed by atoms with Crippen LogP contribution < -0.4 is 0 Å². The highest BCUT2D eigenvalue weighted by Gasteiger charge is 2.23. The predicted molar refractivity (Wildman–Crippen MR) is 35.3 cm³/mol. The first-order valence-electron chi connectivity index (χ1n) is 3.21. The van der Waals surface area contributed by atoms with Gasteiger partial charge in [0.1, 0.15) is 12.4 Å². The van der Waals surface area contributed by atoms with E-state index >= 15 is 0 Å². The molecular weight excluding hydrogens is 132 g/mol. The van der Waals surface area contributed by atoms with Crippen LogP contribution in [0.1, 0.15) is 6.92 Å². The molecule has 0 radical (unpaired) electrons. The predicted octanol–water partition coefficient (Wildman–Crippen LogP) is 0.0964. The van der Waals surface area contributed by atoms with Gasteiger partial charge in [-0.05, 0) is 6.08 Å². The molecule has 0 fully saturated rings. The van der Waals surface area contributed by atoms with Gasteiger partial charge in [0.2, 0.25) is 0 Å². The Balaban J connectivity index is 2.56. The fourth-order valence-electron chi connectivity index (χ4n) is 0.951. The molecule has 0 saturated heterocycles. The number of aliphatic hydroxyl groups is 1. The third-order valence-electron chi connectivity index (χ3n) is 1.54. The first kappa shape index (κ1) is 7.28. The average Bonchev–Trinajstić information content (AvgIpc) is 2.30. The van der Waals surface area contributed by atoms with Crippen molar-refractivity contribution >= 4 is 6.29 Å². The summed E-state index contributed by atoms with van der Waals surface area (Å²) in [6.45, 7) is 1.76. The fourth-order valence-corrected chi connectivity index (χ4v) is 0.951. The SMILES string of the molecule is CC1C=C(CO)OC1C=O. The van der Waals surface area contributed by atoms with Crippen LogP contribution in [0, 0.1) is 5.92 Å². The quantitative estimate of drug-likeness (QED) is 0.556. The molecule has 1 N–H and O–H groups in total. The minimum Gasteiger partial charge on any atom is -0.485 e. The van der Waals surface area contributed by atoms with E-state index in [1.54, 1.807) is 6.08 Å². The monoisotopic (exact) mass is 142 g/mol. The normalized spacial score (nSPS) is 31.2.